The summed E-state index contributed by atoms with van der Waals surface area (Å²) in [6.07, 6.45) is 12.0. The van der Waals surface area contributed by atoms with Gasteiger partial charge in [0.1, 0.15) is 22.9 Å². The molecule has 2 bridgehead atoms. The first kappa shape index (κ1) is 35.3. The van der Waals surface area contributed by atoms with Crippen LogP contribution in [0.2, 0.25) is 0 Å². The number of nitrogens with two attached hydrogens (primary N) is 1. The van der Waals surface area contributed by atoms with Crippen molar-refractivity contribution in [2.24, 2.45) is 11.3 Å². The summed E-state index contributed by atoms with van der Waals surface area (Å²) in [6, 6.07) is 1.69. The van der Waals surface area contributed by atoms with Crippen LogP contribution in [-0.2, 0) is 34.9 Å². The fourth-order valence-corrected chi connectivity index (χ4v) is 9.19. The van der Waals surface area contributed by atoms with E-state index in [2.05, 4.69) is 27.1 Å². The molecule has 2 aromatic rings. The number of aromatic nitrogens is 3. The number of hydrogen-bond acceptors (Lipinski definition) is 9. The number of rotatable bonds is 18. The normalized spacial score (nSPS) is 22.0. The Morgan fingerprint density at radius 3 is 2.38 bits per heavy atom. The highest BCUT2D eigenvalue weighted by Gasteiger charge is 2.47. The molecule has 2 aliphatic rings. The minimum absolute atomic E-state index is 0.0663. The summed E-state index contributed by atoms with van der Waals surface area (Å²) in [6.45, 7) is 11.5. The molecule has 45 heavy (non-hydrogen) atoms. The van der Waals surface area contributed by atoms with Crippen molar-refractivity contribution in [2.75, 3.05) is 25.3 Å². The highest BCUT2D eigenvalue weighted by Crippen LogP contribution is 2.54. The van der Waals surface area contributed by atoms with Crippen molar-refractivity contribution in [3.8, 4) is 0 Å². The molecular formula is C32H53N6O6P. The van der Waals surface area contributed by atoms with Crippen molar-refractivity contribution in [2.45, 2.75) is 123 Å². The molecule has 0 saturated heterocycles. The van der Waals surface area contributed by atoms with Gasteiger partial charge in [0.15, 0.2) is 5.65 Å². The van der Waals surface area contributed by atoms with E-state index in [0.717, 1.165) is 50.9 Å². The molecule has 2 heterocycles. The largest absolute Gasteiger partial charge is 0.464 e. The van der Waals surface area contributed by atoms with E-state index in [0.29, 0.717) is 30.0 Å². The van der Waals surface area contributed by atoms with E-state index in [-0.39, 0.29) is 18.4 Å². The predicted molar refractivity (Wildman–Crippen MR) is 174 cm³/mol. The van der Waals surface area contributed by atoms with Crippen molar-refractivity contribution >= 4 is 36.2 Å². The van der Waals surface area contributed by atoms with Gasteiger partial charge in [-0.2, -0.15) is 0 Å². The van der Waals surface area contributed by atoms with Crippen molar-refractivity contribution in [1.29, 1.82) is 0 Å². The Bertz CT molecular complexity index is 1370. The summed E-state index contributed by atoms with van der Waals surface area (Å²) in [5, 5.41) is 6.02. The lowest BCUT2D eigenvalue weighted by atomic mass is 9.85. The standard InChI is InChI=1S/C32H53N6O6P/c1-7-8-9-10-17-42-28(39)30(3,4)36-45(41,22-44-23(2)19-38-21-35-26-25(33)13-16-34-27(26)38)37-31(5,6)29(40)43-20-32-14-11-24(18-32)12-15-32/h13,16,21,23-24H,7-12,14-15,17-20,22H2,1-6H3,(H2,33,34)(H2,36,37,41)/t23-,24?,32?,45?/m1/s1. The highest BCUT2D eigenvalue weighted by molar-refractivity contribution is 7.59. The molecule has 4 rings (SSSR count). The Hall–Kier alpha value is -2.53. The zero-order chi connectivity index (χ0) is 32.9. The Labute approximate surface area is 267 Å². The molecule has 0 spiro atoms. The second-order valence-corrected chi connectivity index (χ2v) is 16.4. The van der Waals surface area contributed by atoms with Gasteiger partial charge >= 0.3 is 11.9 Å². The quantitative estimate of drug-likeness (QED) is 0.106. The monoisotopic (exact) mass is 648 g/mol. The Balaban J connectivity index is 1.44. The van der Waals surface area contributed by atoms with Crippen LogP contribution in [-0.4, -0.2) is 63.2 Å². The molecule has 2 atom stereocenters. The van der Waals surface area contributed by atoms with E-state index in [1.54, 1.807) is 46.3 Å². The van der Waals surface area contributed by atoms with Crippen molar-refractivity contribution in [1.82, 2.24) is 24.7 Å². The third-order valence-electron chi connectivity index (χ3n) is 9.10. The van der Waals surface area contributed by atoms with Crippen LogP contribution < -0.4 is 15.9 Å². The maximum absolute atomic E-state index is 14.6. The van der Waals surface area contributed by atoms with E-state index >= 15 is 0 Å². The molecule has 2 fully saturated rings. The molecule has 0 aromatic carbocycles. The molecule has 4 N–H and O–H groups in total. The summed E-state index contributed by atoms with van der Waals surface area (Å²) >= 11 is 0. The van der Waals surface area contributed by atoms with Crippen LogP contribution >= 0.6 is 7.44 Å². The molecule has 0 aliphatic heterocycles. The minimum atomic E-state index is -3.77. The van der Waals surface area contributed by atoms with Gasteiger partial charge in [-0.3, -0.25) is 14.2 Å². The molecule has 0 amide bonds. The Morgan fingerprint density at radius 2 is 1.76 bits per heavy atom. The number of nitrogens with one attached hydrogen (secondary N) is 2. The maximum atomic E-state index is 14.6. The average Bonchev–Trinajstić information content (AvgIpc) is 3.70. The molecule has 12 nitrogen and oxygen atoms in total. The van der Waals surface area contributed by atoms with Gasteiger partial charge in [0.05, 0.1) is 37.9 Å². The molecule has 1 unspecified atom stereocenters. The minimum Gasteiger partial charge on any atom is -0.464 e. The topological polar surface area (TPSA) is 160 Å². The van der Waals surface area contributed by atoms with Gasteiger partial charge in [0, 0.05) is 11.6 Å². The lowest BCUT2D eigenvalue weighted by Crippen LogP contribution is -2.54. The van der Waals surface area contributed by atoms with Crippen LogP contribution in [0.5, 0.6) is 0 Å². The van der Waals surface area contributed by atoms with E-state index in [4.69, 9.17) is 19.9 Å². The summed E-state index contributed by atoms with van der Waals surface area (Å²) in [5.74, 6) is -0.285. The number of esters is 2. The first-order chi connectivity index (χ1) is 21.2. The zero-order valence-corrected chi connectivity index (χ0v) is 28.8. The SMILES string of the molecule is CCCCCCOC(=O)C(C)(C)NP(=O)(CO[C@H](C)Cn1cnc2c(N)ccnc21)NC(C)(C)C(=O)OCC12CCC(CC1)C2. The second-order valence-electron chi connectivity index (χ2n) is 14.2. The zero-order valence-electron chi connectivity index (χ0n) is 27.9. The first-order valence-corrected chi connectivity index (χ1v) is 18.3. The van der Waals surface area contributed by atoms with E-state index in [1.165, 1.54) is 12.8 Å². The van der Waals surface area contributed by atoms with Gasteiger partial charge in [-0.15, -0.1) is 0 Å². The van der Waals surface area contributed by atoms with Gasteiger partial charge in [0.25, 0.3) is 0 Å². The van der Waals surface area contributed by atoms with Crippen LogP contribution in [0, 0.1) is 11.3 Å². The molecule has 2 aliphatic carbocycles. The summed E-state index contributed by atoms with van der Waals surface area (Å²) in [4.78, 5) is 35.2. The smallest absolute Gasteiger partial charge is 0.326 e. The molecule has 13 heteroatoms. The number of carbonyl (C=O) groups is 2. The van der Waals surface area contributed by atoms with Gasteiger partial charge in [-0.05, 0) is 85.1 Å². The summed E-state index contributed by atoms with van der Waals surface area (Å²) in [7, 11) is -3.77. The van der Waals surface area contributed by atoms with Crippen molar-refractivity contribution < 1.29 is 28.4 Å². The number of nitrogens with zero attached hydrogens (tertiary/aromatic N) is 3. The number of carbonyl (C=O) groups excluding carboxylic acids is 2. The number of ether oxygens (including phenoxy) is 3. The third kappa shape index (κ3) is 9.05. The molecule has 2 aromatic heterocycles. The average molecular weight is 649 g/mol. The molecule has 0 radical (unpaired) electrons. The van der Waals surface area contributed by atoms with Gasteiger partial charge < -0.3 is 24.5 Å². The van der Waals surface area contributed by atoms with Crippen LogP contribution in [0.1, 0.15) is 99.3 Å². The fourth-order valence-electron chi connectivity index (χ4n) is 6.55. The number of imidazole rings is 1. The van der Waals surface area contributed by atoms with Crippen molar-refractivity contribution in [3.63, 3.8) is 0 Å². The van der Waals surface area contributed by atoms with Crippen LogP contribution in [0.15, 0.2) is 18.6 Å². The van der Waals surface area contributed by atoms with Crippen LogP contribution in [0.3, 0.4) is 0 Å². The maximum Gasteiger partial charge on any atom is 0.326 e. The molecule has 2 saturated carbocycles. The number of nitrogen functional groups attached to an aromatic ring is 1. The lowest BCUT2D eigenvalue weighted by molar-refractivity contribution is -0.153. The number of unbranched alkanes of at least 4 members (excludes halogenated alkanes) is 3. The van der Waals surface area contributed by atoms with Crippen LogP contribution in [0.4, 0.5) is 5.69 Å². The number of fused-ring (bicyclic) bond motifs is 3. The molecular weight excluding hydrogens is 595 g/mol. The van der Waals surface area contributed by atoms with Crippen LogP contribution in [0.25, 0.3) is 11.2 Å². The summed E-state index contributed by atoms with van der Waals surface area (Å²) in [5.41, 5.74) is 5.18. The van der Waals surface area contributed by atoms with E-state index < -0.39 is 36.6 Å². The Kier molecular flexibility index (Phi) is 11.4. The van der Waals surface area contributed by atoms with E-state index in [9.17, 15) is 14.2 Å². The third-order valence-corrected chi connectivity index (χ3v) is 11.5. The number of pyridine rings is 1. The van der Waals surface area contributed by atoms with Gasteiger partial charge in [0.2, 0.25) is 7.44 Å². The Morgan fingerprint density at radius 1 is 1.09 bits per heavy atom. The van der Waals surface area contributed by atoms with E-state index in [1.807, 2.05) is 11.5 Å². The number of hydrogen-bond donors (Lipinski definition) is 3. The number of anilines is 1. The second kappa shape index (κ2) is 14.5. The highest BCUT2D eigenvalue weighted by atomic mass is 31.2. The summed E-state index contributed by atoms with van der Waals surface area (Å²) < 4.78 is 33.9. The fraction of sp³-hybridized carbons (Fsp3) is 0.750. The van der Waals surface area contributed by atoms with Crippen molar-refractivity contribution in [3.05, 3.63) is 18.6 Å². The first-order valence-electron chi connectivity index (χ1n) is 16.4. The predicted octanol–water partition coefficient (Wildman–Crippen LogP) is 5.55. The van der Waals surface area contributed by atoms with Gasteiger partial charge in [-0.1, -0.05) is 26.2 Å². The lowest BCUT2D eigenvalue weighted by Gasteiger charge is -2.36. The van der Waals surface area contributed by atoms with Gasteiger partial charge in [-0.25, -0.2) is 20.1 Å². The molecule has 252 valence electrons.